The molecule has 0 radical (unpaired) electrons. The summed E-state index contributed by atoms with van der Waals surface area (Å²) in [5.74, 6) is -0.750. The Balaban J connectivity index is 1.88. The number of alkyl halides is 3. The molecule has 3 nitrogen and oxygen atoms in total. The average molecular weight is 340 g/mol. The van der Waals surface area contributed by atoms with Crippen LogP contribution in [0.4, 0.5) is 23.2 Å². The number of rotatable bonds is 5. The van der Waals surface area contributed by atoms with Gasteiger partial charge in [0.15, 0.2) is 0 Å². The summed E-state index contributed by atoms with van der Waals surface area (Å²) in [5.41, 5.74) is 0.317. The van der Waals surface area contributed by atoms with E-state index in [4.69, 9.17) is 0 Å². The minimum atomic E-state index is -4.44. The van der Waals surface area contributed by atoms with Crippen molar-refractivity contribution in [2.24, 2.45) is 0 Å². The van der Waals surface area contributed by atoms with E-state index in [9.17, 15) is 22.4 Å². The maximum Gasteiger partial charge on any atom is 0.416 e. The fourth-order valence-electron chi connectivity index (χ4n) is 2.09. The van der Waals surface area contributed by atoms with Gasteiger partial charge in [-0.2, -0.15) is 13.2 Å². The number of hydrogen-bond acceptors (Lipinski definition) is 2. The van der Waals surface area contributed by atoms with Crippen molar-refractivity contribution in [1.82, 2.24) is 5.32 Å². The van der Waals surface area contributed by atoms with Crippen LogP contribution >= 0.6 is 0 Å². The van der Waals surface area contributed by atoms with E-state index in [1.165, 1.54) is 31.2 Å². The van der Waals surface area contributed by atoms with Gasteiger partial charge < -0.3 is 10.6 Å². The molecule has 0 aliphatic carbocycles. The van der Waals surface area contributed by atoms with E-state index in [0.717, 1.165) is 11.6 Å². The van der Waals surface area contributed by atoms with Crippen LogP contribution in [-0.2, 0) is 17.5 Å². The highest BCUT2D eigenvalue weighted by Crippen LogP contribution is 2.33. The van der Waals surface area contributed by atoms with Crippen molar-refractivity contribution in [3.8, 4) is 0 Å². The van der Waals surface area contributed by atoms with Gasteiger partial charge in [-0.05, 0) is 42.3 Å². The molecule has 0 saturated carbocycles. The van der Waals surface area contributed by atoms with Crippen LogP contribution in [0.1, 0.15) is 16.7 Å². The molecule has 128 valence electrons. The first kappa shape index (κ1) is 17.8. The number of benzene rings is 2. The average Bonchev–Trinajstić information content (AvgIpc) is 2.52. The van der Waals surface area contributed by atoms with Gasteiger partial charge in [0.2, 0.25) is 5.91 Å². The van der Waals surface area contributed by atoms with Crippen LogP contribution in [-0.4, -0.2) is 12.5 Å². The van der Waals surface area contributed by atoms with Gasteiger partial charge in [-0.25, -0.2) is 4.39 Å². The Morgan fingerprint density at radius 1 is 1.08 bits per heavy atom. The summed E-state index contributed by atoms with van der Waals surface area (Å²) >= 11 is 0. The first-order valence-corrected chi connectivity index (χ1v) is 7.18. The molecule has 7 heteroatoms. The molecule has 2 N–H and O–H groups in total. The van der Waals surface area contributed by atoms with Crippen LogP contribution in [0.25, 0.3) is 0 Å². The quantitative estimate of drug-likeness (QED) is 0.811. The number of nitrogens with one attached hydrogen (secondary N) is 2. The number of anilines is 1. The third-order valence-electron chi connectivity index (χ3n) is 3.40. The van der Waals surface area contributed by atoms with Gasteiger partial charge in [0.1, 0.15) is 5.82 Å². The maximum absolute atomic E-state index is 12.8. The molecule has 2 aromatic carbocycles. The molecule has 2 aromatic rings. The van der Waals surface area contributed by atoms with Crippen LogP contribution in [0.3, 0.4) is 0 Å². The van der Waals surface area contributed by atoms with Gasteiger partial charge in [0.25, 0.3) is 0 Å². The normalized spacial score (nSPS) is 11.2. The predicted octanol–water partition coefficient (Wildman–Crippen LogP) is 3.88. The zero-order valence-corrected chi connectivity index (χ0v) is 12.9. The van der Waals surface area contributed by atoms with Crippen molar-refractivity contribution in [3.05, 3.63) is 65.0 Å². The minimum Gasteiger partial charge on any atom is -0.376 e. The largest absolute Gasteiger partial charge is 0.416 e. The molecule has 0 heterocycles. The second-order valence-corrected chi connectivity index (χ2v) is 5.28. The predicted molar refractivity (Wildman–Crippen MR) is 82.9 cm³/mol. The summed E-state index contributed by atoms with van der Waals surface area (Å²) < 4.78 is 51.3. The summed E-state index contributed by atoms with van der Waals surface area (Å²) in [4.78, 5) is 11.7. The number of aryl methyl sites for hydroxylation is 1. The molecule has 0 unspecified atom stereocenters. The smallest absolute Gasteiger partial charge is 0.376 e. The monoisotopic (exact) mass is 340 g/mol. The number of carbonyl (C=O) groups is 1. The maximum atomic E-state index is 12.8. The lowest BCUT2D eigenvalue weighted by Gasteiger charge is -2.13. The fraction of sp³-hybridized carbons (Fsp3) is 0.235. The van der Waals surface area contributed by atoms with Crippen molar-refractivity contribution in [2.45, 2.75) is 19.6 Å². The van der Waals surface area contributed by atoms with Crippen LogP contribution < -0.4 is 10.6 Å². The summed E-state index contributed by atoms with van der Waals surface area (Å²) in [7, 11) is 0. The van der Waals surface area contributed by atoms with Gasteiger partial charge in [-0.1, -0.05) is 18.2 Å². The Labute approximate surface area is 136 Å². The first-order chi connectivity index (χ1) is 11.3. The Bertz CT molecular complexity index is 712. The highest BCUT2D eigenvalue weighted by molar-refractivity contribution is 5.80. The summed E-state index contributed by atoms with van der Waals surface area (Å²) in [6.45, 7) is 1.42. The van der Waals surface area contributed by atoms with Crippen molar-refractivity contribution < 1.29 is 22.4 Å². The van der Waals surface area contributed by atoms with Crippen molar-refractivity contribution >= 4 is 11.6 Å². The minimum absolute atomic E-state index is 0.119. The third-order valence-corrected chi connectivity index (χ3v) is 3.40. The second-order valence-electron chi connectivity index (χ2n) is 5.28. The van der Waals surface area contributed by atoms with Gasteiger partial charge >= 0.3 is 6.18 Å². The molecule has 0 saturated heterocycles. The Morgan fingerprint density at radius 2 is 1.75 bits per heavy atom. The van der Waals surface area contributed by atoms with Gasteiger partial charge in [-0.15, -0.1) is 0 Å². The standard InChI is InChI=1S/C17H16F4N2O/c1-11-2-7-14(8-15(11)17(19,20)21)22-10-16(24)23-9-12-3-5-13(18)6-4-12/h2-8,22H,9-10H2,1H3,(H,23,24). The number of halogens is 4. The molecule has 0 aromatic heterocycles. The Morgan fingerprint density at radius 3 is 2.38 bits per heavy atom. The Kier molecular flexibility index (Phi) is 5.43. The van der Waals surface area contributed by atoms with Gasteiger partial charge in [0, 0.05) is 12.2 Å². The lowest BCUT2D eigenvalue weighted by atomic mass is 10.1. The number of hydrogen-bond donors (Lipinski definition) is 2. The van der Waals surface area contributed by atoms with E-state index in [2.05, 4.69) is 10.6 Å². The zero-order chi connectivity index (χ0) is 17.7. The van der Waals surface area contributed by atoms with Crippen molar-refractivity contribution in [3.63, 3.8) is 0 Å². The molecule has 1 amide bonds. The second kappa shape index (κ2) is 7.33. The molecular formula is C17H16F4N2O. The van der Waals surface area contributed by atoms with Crippen molar-refractivity contribution in [1.29, 1.82) is 0 Å². The zero-order valence-electron chi connectivity index (χ0n) is 12.9. The topological polar surface area (TPSA) is 41.1 Å². The molecule has 0 aliphatic heterocycles. The van der Waals surface area contributed by atoms with Gasteiger partial charge in [-0.3, -0.25) is 4.79 Å². The van der Waals surface area contributed by atoms with Crippen LogP contribution in [0.15, 0.2) is 42.5 Å². The molecular weight excluding hydrogens is 324 g/mol. The molecule has 0 atom stereocenters. The SMILES string of the molecule is Cc1ccc(NCC(=O)NCc2ccc(F)cc2)cc1C(F)(F)F. The molecule has 0 spiro atoms. The molecule has 24 heavy (non-hydrogen) atoms. The van der Waals surface area contributed by atoms with Crippen LogP contribution in [0.2, 0.25) is 0 Å². The lowest BCUT2D eigenvalue weighted by molar-refractivity contribution is -0.138. The van der Waals surface area contributed by atoms with Gasteiger partial charge in [0.05, 0.1) is 12.1 Å². The van der Waals surface area contributed by atoms with Crippen LogP contribution in [0.5, 0.6) is 0 Å². The fourth-order valence-corrected chi connectivity index (χ4v) is 2.09. The number of amides is 1. The third kappa shape index (κ3) is 4.97. The van der Waals surface area contributed by atoms with E-state index < -0.39 is 11.7 Å². The highest BCUT2D eigenvalue weighted by Gasteiger charge is 2.32. The van der Waals surface area contributed by atoms with E-state index in [1.807, 2.05) is 0 Å². The first-order valence-electron chi connectivity index (χ1n) is 7.18. The Hall–Kier alpha value is -2.57. The van der Waals surface area contributed by atoms with E-state index in [0.29, 0.717) is 0 Å². The lowest BCUT2D eigenvalue weighted by Crippen LogP contribution is -2.29. The summed E-state index contributed by atoms with van der Waals surface area (Å²) in [5, 5.41) is 5.26. The molecule has 0 fully saturated rings. The summed E-state index contributed by atoms with van der Waals surface area (Å²) in [6.07, 6.45) is -4.44. The van der Waals surface area contributed by atoms with E-state index in [-0.39, 0.29) is 36.1 Å². The van der Waals surface area contributed by atoms with E-state index in [1.54, 1.807) is 12.1 Å². The molecule has 0 bridgehead atoms. The summed E-state index contributed by atoms with van der Waals surface area (Å²) in [6, 6.07) is 9.45. The molecule has 0 aliphatic rings. The molecule has 2 rings (SSSR count). The van der Waals surface area contributed by atoms with Crippen molar-refractivity contribution in [2.75, 3.05) is 11.9 Å². The van der Waals surface area contributed by atoms with Crippen LogP contribution in [0, 0.1) is 12.7 Å². The van der Waals surface area contributed by atoms with E-state index >= 15 is 0 Å². The number of carbonyl (C=O) groups excluding carboxylic acids is 1. The highest BCUT2D eigenvalue weighted by atomic mass is 19.4.